The number of ether oxygens (including phenoxy) is 2. The molecule has 1 aliphatic heterocycles. The van der Waals surface area contributed by atoms with Crippen molar-refractivity contribution < 1.29 is 32.2 Å². The Labute approximate surface area is 193 Å². The monoisotopic (exact) mass is 495 g/mol. The predicted octanol–water partition coefficient (Wildman–Crippen LogP) is 4.80. The highest BCUT2D eigenvalue weighted by Gasteiger charge is 2.63. The second-order valence-corrected chi connectivity index (χ2v) is 9.13. The molecule has 1 saturated heterocycles. The molecule has 0 N–H and O–H groups in total. The lowest BCUT2D eigenvalue weighted by Gasteiger charge is -2.26. The molecule has 1 aliphatic carbocycles. The van der Waals surface area contributed by atoms with E-state index in [9.17, 15) is 22.8 Å². The number of likely N-dealkylation sites (N-methyl/N-ethyl adjacent to an activating group) is 1. The van der Waals surface area contributed by atoms with Gasteiger partial charge in [-0.05, 0) is 36.5 Å². The smallest absolute Gasteiger partial charge is 0.416 e. The van der Waals surface area contributed by atoms with Crippen molar-refractivity contribution in [2.24, 2.45) is 17.3 Å². The number of alkyl halides is 3. The summed E-state index contributed by atoms with van der Waals surface area (Å²) in [6.07, 6.45) is -4.56. The molecule has 0 aromatic carbocycles. The minimum absolute atomic E-state index is 0.0103. The van der Waals surface area contributed by atoms with Gasteiger partial charge in [0.1, 0.15) is 10.3 Å². The van der Waals surface area contributed by atoms with E-state index in [-0.39, 0.29) is 22.8 Å². The van der Waals surface area contributed by atoms with Crippen molar-refractivity contribution >= 4 is 41.0 Å². The van der Waals surface area contributed by atoms with Gasteiger partial charge in [0.05, 0.1) is 11.5 Å². The normalized spacial score (nSPS) is 26.8. The second kappa shape index (κ2) is 8.72. The fourth-order valence-corrected chi connectivity index (χ4v) is 4.18. The molecule has 176 valence electrons. The highest BCUT2D eigenvalue weighted by molar-refractivity contribution is 6.55. The maximum absolute atomic E-state index is 13.2. The van der Waals surface area contributed by atoms with Crippen LogP contribution in [0.25, 0.3) is 0 Å². The van der Waals surface area contributed by atoms with E-state index in [1.807, 2.05) is 13.8 Å². The zero-order valence-corrected chi connectivity index (χ0v) is 19.2. The quantitative estimate of drug-likeness (QED) is 0.530. The van der Waals surface area contributed by atoms with Crippen LogP contribution in [0.1, 0.15) is 26.3 Å². The summed E-state index contributed by atoms with van der Waals surface area (Å²) < 4.78 is 50.8. The van der Waals surface area contributed by atoms with Gasteiger partial charge in [0.2, 0.25) is 6.23 Å². The Morgan fingerprint density at radius 1 is 1.31 bits per heavy atom. The Balaban J connectivity index is 1.94. The molecule has 2 fully saturated rings. The molecule has 2 heterocycles. The van der Waals surface area contributed by atoms with E-state index in [1.165, 1.54) is 13.1 Å². The van der Waals surface area contributed by atoms with Gasteiger partial charge in [-0.1, -0.05) is 37.0 Å². The van der Waals surface area contributed by atoms with Crippen LogP contribution in [0.4, 0.5) is 23.8 Å². The largest absolute Gasteiger partial charge is 0.436 e. The van der Waals surface area contributed by atoms with E-state index in [0.29, 0.717) is 0 Å². The molecule has 0 radical (unpaired) electrons. The molecular weight excluding hydrogens is 474 g/mol. The van der Waals surface area contributed by atoms with Crippen molar-refractivity contribution in [3.8, 4) is 0 Å². The number of halogens is 5. The first kappa shape index (κ1) is 24.6. The molecular formula is C20H22Cl2F3N3O4. The van der Waals surface area contributed by atoms with E-state index >= 15 is 0 Å². The SMILES string of the molecule is CCOC1C(OC(=O)C2C(C=C(Cl)Cl)C2(C)C)N(c2cc(C(F)(F)F)ccn2)C(=O)N1C. The van der Waals surface area contributed by atoms with Gasteiger partial charge in [-0.25, -0.2) is 14.7 Å². The van der Waals surface area contributed by atoms with Crippen LogP contribution in [0, 0.1) is 17.3 Å². The molecule has 2 aliphatic rings. The zero-order chi connectivity index (χ0) is 24.0. The number of carbonyl (C=O) groups excluding carboxylic acids is 2. The predicted molar refractivity (Wildman–Crippen MR) is 111 cm³/mol. The summed E-state index contributed by atoms with van der Waals surface area (Å²) in [4.78, 5) is 31.8. The van der Waals surface area contributed by atoms with Crippen LogP contribution in [-0.4, -0.2) is 48.0 Å². The number of carbonyl (C=O) groups is 2. The molecule has 12 heteroatoms. The van der Waals surface area contributed by atoms with Gasteiger partial charge in [0.15, 0.2) is 6.23 Å². The van der Waals surface area contributed by atoms with Crippen molar-refractivity contribution in [3.05, 3.63) is 34.5 Å². The topological polar surface area (TPSA) is 72.0 Å². The van der Waals surface area contributed by atoms with Gasteiger partial charge in [-0.15, -0.1) is 0 Å². The fraction of sp³-hybridized carbons (Fsp3) is 0.550. The van der Waals surface area contributed by atoms with Gasteiger partial charge in [0, 0.05) is 19.9 Å². The van der Waals surface area contributed by atoms with Crippen molar-refractivity contribution in [3.63, 3.8) is 0 Å². The molecule has 0 spiro atoms. The van der Waals surface area contributed by atoms with Crippen LogP contribution in [0.2, 0.25) is 0 Å². The highest BCUT2D eigenvalue weighted by Crippen LogP contribution is 2.60. The third kappa shape index (κ3) is 4.53. The van der Waals surface area contributed by atoms with Gasteiger partial charge >= 0.3 is 18.2 Å². The maximum atomic E-state index is 13.2. The lowest BCUT2D eigenvalue weighted by molar-refractivity contribution is -0.162. The van der Waals surface area contributed by atoms with E-state index in [2.05, 4.69) is 4.98 Å². The molecule has 32 heavy (non-hydrogen) atoms. The Hall–Kier alpha value is -2.04. The first-order chi connectivity index (χ1) is 14.8. The molecule has 2 amide bonds. The molecule has 1 aromatic rings. The summed E-state index contributed by atoms with van der Waals surface area (Å²) in [6, 6.07) is 0.790. The van der Waals surface area contributed by atoms with Crippen molar-refractivity contribution in [1.29, 1.82) is 0 Å². The Bertz CT molecular complexity index is 937. The first-order valence-corrected chi connectivity index (χ1v) is 10.5. The zero-order valence-electron chi connectivity index (χ0n) is 17.7. The van der Waals surface area contributed by atoms with E-state index < -0.39 is 47.5 Å². The van der Waals surface area contributed by atoms with Gasteiger partial charge < -0.3 is 9.47 Å². The van der Waals surface area contributed by atoms with Crippen molar-refractivity contribution in [2.75, 3.05) is 18.6 Å². The molecule has 1 saturated carbocycles. The summed E-state index contributed by atoms with van der Waals surface area (Å²) in [7, 11) is 1.40. The number of amides is 2. The summed E-state index contributed by atoms with van der Waals surface area (Å²) in [5.74, 6) is -1.86. The van der Waals surface area contributed by atoms with Gasteiger partial charge in [0.25, 0.3) is 0 Å². The average Bonchev–Trinajstić information content (AvgIpc) is 3.14. The van der Waals surface area contributed by atoms with Crippen molar-refractivity contribution in [1.82, 2.24) is 9.88 Å². The van der Waals surface area contributed by atoms with Crippen LogP contribution >= 0.6 is 23.2 Å². The van der Waals surface area contributed by atoms with Crippen LogP contribution in [0.15, 0.2) is 28.9 Å². The molecule has 3 rings (SSSR count). The van der Waals surface area contributed by atoms with E-state index in [0.717, 1.165) is 28.1 Å². The van der Waals surface area contributed by atoms with Crippen LogP contribution in [-0.2, 0) is 20.4 Å². The third-order valence-corrected chi connectivity index (χ3v) is 6.00. The number of rotatable bonds is 6. The molecule has 4 unspecified atom stereocenters. The number of urea groups is 1. The number of hydrogen-bond donors (Lipinski definition) is 0. The number of nitrogens with zero attached hydrogens (tertiary/aromatic N) is 3. The number of hydrogen-bond acceptors (Lipinski definition) is 5. The second-order valence-electron chi connectivity index (χ2n) is 8.12. The molecule has 4 atom stereocenters. The first-order valence-electron chi connectivity index (χ1n) is 9.74. The van der Waals surface area contributed by atoms with E-state index in [4.69, 9.17) is 32.7 Å². The number of aromatic nitrogens is 1. The minimum Gasteiger partial charge on any atom is -0.436 e. The standard InChI is InChI=1S/C20H22Cl2F3N3O4/c1-5-31-15-16(32-17(29)14-11(9-12(21)22)19(14,2)3)28(18(30)27(15)4)13-8-10(6-7-26-13)20(23,24)25/h6-9,11,14-16H,5H2,1-4H3. The Morgan fingerprint density at radius 3 is 2.53 bits per heavy atom. The highest BCUT2D eigenvalue weighted by atomic mass is 35.5. The maximum Gasteiger partial charge on any atom is 0.416 e. The summed E-state index contributed by atoms with van der Waals surface area (Å²) >= 11 is 11.5. The summed E-state index contributed by atoms with van der Waals surface area (Å²) in [5.41, 5.74) is -1.49. The van der Waals surface area contributed by atoms with Crippen LogP contribution < -0.4 is 4.90 Å². The minimum atomic E-state index is -4.64. The Morgan fingerprint density at radius 2 is 1.97 bits per heavy atom. The molecule has 1 aromatic heterocycles. The summed E-state index contributed by atoms with van der Waals surface area (Å²) in [5, 5.41) is 0. The number of anilines is 1. The fourth-order valence-electron chi connectivity index (χ4n) is 3.90. The summed E-state index contributed by atoms with van der Waals surface area (Å²) in [6.45, 7) is 5.50. The number of allylic oxidation sites excluding steroid dienone is 1. The molecule has 7 nitrogen and oxygen atoms in total. The Kier molecular flexibility index (Phi) is 6.70. The molecule has 0 bridgehead atoms. The lowest BCUT2D eigenvalue weighted by Crippen LogP contribution is -2.43. The van der Waals surface area contributed by atoms with Crippen molar-refractivity contribution in [2.45, 2.75) is 39.4 Å². The number of esters is 1. The van der Waals surface area contributed by atoms with Crippen LogP contribution in [0.3, 0.4) is 0 Å². The average molecular weight is 496 g/mol. The lowest BCUT2D eigenvalue weighted by atomic mass is 10.1. The van der Waals surface area contributed by atoms with Gasteiger partial charge in [-0.3, -0.25) is 9.69 Å². The number of pyridine rings is 1. The van der Waals surface area contributed by atoms with Gasteiger partial charge in [-0.2, -0.15) is 13.2 Å². The third-order valence-electron chi connectivity index (χ3n) is 5.75. The van der Waals surface area contributed by atoms with E-state index in [1.54, 1.807) is 6.92 Å². The van der Waals surface area contributed by atoms with Crippen LogP contribution in [0.5, 0.6) is 0 Å².